The topological polar surface area (TPSA) is 228 Å². The molecule has 0 aliphatic carbocycles. The first-order chi connectivity index (χ1) is 48.1. The molecule has 14 nitrogen and oxygen atoms in total. The lowest BCUT2D eigenvalue weighted by atomic mass is 9.97. The smallest absolute Gasteiger partial charge is 0.220 e. The quantitative estimate of drug-likeness (QED) is 0.0204. The van der Waals surface area contributed by atoms with Gasteiger partial charge in [-0.3, -0.25) is 4.79 Å². The van der Waals surface area contributed by atoms with Crippen molar-refractivity contribution in [1.82, 2.24) is 5.32 Å². The van der Waals surface area contributed by atoms with Crippen molar-refractivity contribution in [3.63, 3.8) is 0 Å². The Morgan fingerprint density at radius 2 is 0.704 bits per heavy atom. The van der Waals surface area contributed by atoms with Crippen LogP contribution < -0.4 is 5.32 Å². The number of carbonyl (C=O) groups excluding carboxylic acids is 1. The average molecular weight is 1390 g/mol. The van der Waals surface area contributed by atoms with Crippen molar-refractivity contribution in [3.8, 4) is 0 Å². The van der Waals surface area contributed by atoms with Crippen LogP contribution in [0.1, 0.15) is 386 Å². The van der Waals surface area contributed by atoms with Gasteiger partial charge in [-0.25, -0.2) is 0 Å². The molecule has 2 aliphatic rings. The van der Waals surface area contributed by atoms with E-state index in [1.165, 1.54) is 283 Å². The monoisotopic (exact) mass is 1390 g/mol. The van der Waals surface area contributed by atoms with E-state index in [0.717, 1.165) is 77.0 Å². The number of ether oxygens (including phenoxy) is 4. The van der Waals surface area contributed by atoms with Gasteiger partial charge in [0.2, 0.25) is 5.91 Å². The molecule has 9 N–H and O–H groups in total. The number of allylic oxidation sites excluding steroid dienone is 8. The second kappa shape index (κ2) is 68.1. The first-order valence-electron chi connectivity index (χ1n) is 41.9. The lowest BCUT2D eigenvalue weighted by Crippen LogP contribution is -2.65. The normalized spacial score (nSPS) is 22.2. The summed E-state index contributed by atoms with van der Waals surface area (Å²) in [5, 5.41) is 88.0. The minimum atomic E-state index is -1.78. The molecule has 2 aliphatic heterocycles. The number of unbranched alkanes of at least 4 members (excludes halogenated alkanes) is 50. The molecule has 2 heterocycles. The fraction of sp³-hybridized carbons (Fsp3) is 0.893. The summed E-state index contributed by atoms with van der Waals surface area (Å²) in [4.78, 5) is 13.4. The molecule has 576 valence electrons. The molecule has 12 atom stereocenters. The third-order valence-corrected chi connectivity index (χ3v) is 20.6. The Bertz CT molecular complexity index is 1830. The Morgan fingerprint density at radius 1 is 0.378 bits per heavy atom. The van der Waals surface area contributed by atoms with Crippen LogP contribution in [0.5, 0.6) is 0 Å². The number of hydrogen-bond acceptors (Lipinski definition) is 13. The van der Waals surface area contributed by atoms with Gasteiger partial charge in [0.05, 0.1) is 32.0 Å². The lowest BCUT2D eigenvalue weighted by molar-refractivity contribution is -0.359. The molecular formula is C84H157NO13. The van der Waals surface area contributed by atoms with Crippen molar-refractivity contribution in [3.05, 3.63) is 48.6 Å². The van der Waals surface area contributed by atoms with Gasteiger partial charge in [0.15, 0.2) is 12.6 Å². The highest BCUT2D eigenvalue weighted by Crippen LogP contribution is 2.31. The van der Waals surface area contributed by atoms with E-state index in [9.17, 15) is 45.6 Å². The van der Waals surface area contributed by atoms with Gasteiger partial charge in [-0.2, -0.15) is 0 Å². The second-order valence-corrected chi connectivity index (χ2v) is 29.6. The minimum absolute atomic E-state index is 0.199. The van der Waals surface area contributed by atoms with Crippen LogP contribution >= 0.6 is 0 Å². The van der Waals surface area contributed by atoms with E-state index in [1.54, 1.807) is 0 Å². The molecule has 2 saturated heterocycles. The predicted molar refractivity (Wildman–Crippen MR) is 406 cm³/mol. The summed E-state index contributed by atoms with van der Waals surface area (Å²) in [6.07, 6.45) is 74.5. The van der Waals surface area contributed by atoms with Crippen LogP contribution in [0, 0.1) is 0 Å². The molecule has 12 unspecified atom stereocenters. The standard InChI is InChI=1S/C84H157NO13/c1-3-5-7-9-11-13-15-17-19-21-23-25-27-29-31-33-35-36-38-40-42-44-46-48-50-52-54-56-58-60-62-64-66-68-76(89)85-72(71-95-83-81(94)79(92)82(75(70-87)97-83)98-84-80(93)78(91)77(90)74(69-86)96-84)73(88)67-65-63-61-59-57-55-53-51-49-47-45-43-41-39-37-34-32-30-28-26-24-22-20-18-16-14-12-10-8-6-4-2/h5,7,11,13,17,19,23,25,72-75,77-84,86-88,90-94H,3-4,6,8-10,12,14-16,18,20-22,24,26-71H2,1-2H3,(H,85,89)/b7-5-,13-11-,19-17-,25-23-. The fourth-order valence-corrected chi connectivity index (χ4v) is 14.0. The van der Waals surface area contributed by atoms with Gasteiger partial charge in [-0.15, -0.1) is 0 Å². The SMILES string of the molecule is CC/C=C\C/C=C\C/C=C\C/C=C\CCCCCCCCCCCCCCCCCCCCCCC(=O)NC(COC1OC(CO)C(OC2OC(CO)C(O)C(O)C2O)C(O)C1O)C(O)CCCCCCCCCCCCCCCCCCCCCCCCCCCCCCCCC. The van der Waals surface area contributed by atoms with Crippen LogP contribution in [0.25, 0.3) is 0 Å². The summed E-state index contributed by atoms with van der Waals surface area (Å²) in [6.45, 7) is 2.82. The molecule has 0 saturated carbocycles. The molecule has 2 rings (SSSR count). The summed E-state index contributed by atoms with van der Waals surface area (Å²) < 4.78 is 23.0. The summed E-state index contributed by atoms with van der Waals surface area (Å²) >= 11 is 0. The number of aliphatic hydroxyl groups excluding tert-OH is 8. The lowest BCUT2D eigenvalue weighted by Gasteiger charge is -2.46. The number of aliphatic hydroxyl groups is 8. The van der Waals surface area contributed by atoms with Gasteiger partial charge in [0.25, 0.3) is 0 Å². The van der Waals surface area contributed by atoms with Gasteiger partial charge in [-0.1, -0.05) is 377 Å². The van der Waals surface area contributed by atoms with E-state index in [2.05, 4.69) is 67.8 Å². The van der Waals surface area contributed by atoms with Crippen LogP contribution in [-0.4, -0.2) is 140 Å². The third-order valence-electron chi connectivity index (χ3n) is 20.6. The number of amides is 1. The maximum atomic E-state index is 13.4. The van der Waals surface area contributed by atoms with Gasteiger partial charge >= 0.3 is 0 Å². The Hall–Kier alpha value is -2.05. The van der Waals surface area contributed by atoms with Gasteiger partial charge in [-0.05, 0) is 51.4 Å². The zero-order valence-electron chi connectivity index (χ0n) is 63.3. The Morgan fingerprint density at radius 3 is 1.08 bits per heavy atom. The third kappa shape index (κ3) is 50.4. The zero-order chi connectivity index (χ0) is 70.8. The van der Waals surface area contributed by atoms with Crippen LogP contribution in [-0.2, 0) is 23.7 Å². The van der Waals surface area contributed by atoms with Gasteiger partial charge in [0, 0.05) is 6.42 Å². The first-order valence-corrected chi connectivity index (χ1v) is 41.9. The van der Waals surface area contributed by atoms with E-state index in [4.69, 9.17) is 18.9 Å². The largest absolute Gasteiger partial charge is 0.394 e. The van der Waals surface area contributed by atoms with Gasteiger partial charge < -0.3 is 65.1 Å². The Balaban J connectivity index is 1.58. The van der Waals surface area contributed by atoms with E-state index in [-0.39, 0.29) is 12.5 Å². The molecule has 0 aromatic heterocycles. The number of rotatable bonds is 71. The Labute approximate surface area is 601 Å². The highest BCUT2D eigenvalue weighted by atomic mass is 16.7. The molecule has 0 aromatic carbocycles. The first kappa shape index (κ1) is 92.0. The van der Waals surface area contributed by atoms with Crippen molar-refractivity contribution < 1.29 is 64.6 Å². The van der Waals surface area contributed by atoms with Crippen molar-refractivity contribution in [2.75, 3.05) is 19.8 Å². The number of nitrogens with one attached hydrogen (secondary N) is 1. The highest BCUT2D eigenvalue weighted by molar-refractivity contribution is 5.76. The Kier molecular flexibility index (Phi) is 63.9. The molecule has 0 bridgehead atoms. The second-order valence-electron chi connectivity index (χ2n) is 29.6. The van der Waals surface area contributed by atoms with Crippen molar-refractivity contribution in [2.45, 2.75) is 460 Å². The zero-order valence-corrected chi connectivity index (χ0v) is 63.3. The van der Waals surface area contributed by atoms with E-state index in [0.29, 0.717) is 12.8 Å². The van der Waals surface area contributed by atoms with E-state index < -0.39 is 86.8 Å². The number of hydrogen-bond donors (Lipinski definition) is 9. The van der Waals surface area contributed by atoms with Gasteiger partial charge in [0.1, 0.15) is 48.8 Å². The molecule has 1 amide bonds. The summed E-state index contributed by atoms with van der Waals surface area (Å²) in [5.41, 5.74) is 0. The molecule has 0 radical (unpaired) electrons. The van der Waals surface area contributed by atoms with Crippen LogP contribution in [0.4, 0.5) is 0 Å². The van der Waals surface area contributed by atoms with Crippen LogP contribution in [0.15, 0.2) is 48.6 Å². The van der Waals surface area contributed by atoms with Crippen LogP contribution in [0.3, 0.4) is 0 Å². The maximum absolute atomic E-state index is 13.4. The minimum Gasteiger partial charge on any atom is -0.394 e. The molecule has 14 heteroatoms. The number of carbonyl (C=O) groups is 1. The summed E-state index contributed by atoms with van der Waals surface area (Å²) in [6, 6.07) is -0.830. The van der Waals surface area contributed by atoms with E-state index in [1.807, 2.05) is 0 Å². The van der Waals surface area contributed by atoms with E-state index >= 15 is 0 Å². The van der Waals surface area contributed by atoms with Crippen molar-refractivity contribution in [2.24, 2.45) is 0 Å². The highest BCUT2D eigenvalue weighted by Gasteiger charge is 2.51. The average Bonchev–Trinajstić information content (AvgIpc) is 0.793. The van der Waals surface area contributed by atoms with Crippen molar-refractivity contribution in [1.29, 1.82) is 0 Å². The van der Waals surface area contributed by atoms with Crippen LogP contribution in [0.2, 0.25) is 0 Å². The fourth-order valence-electron chi connectivity index (χ4n) is 14.0. The molecule has 2 fully saturated rings. The predicted octanol–water partition coefficient (Wildman–Crippen LogP) is 19.4. The maximum Gasteiger partial charge on any atom is 0.220 e. The molecule has 0 aromatic rings. The summed E-state index contributed by atoms with van der Waals surface area (Å²) in [5.74, 6) is -0.199. The summed E-state index contributed by atoms with van der Waals surface area (Å²) in [7, 11) is 0. The molecule has 0 spiro atoms. The molecular weight excluding hydrogens is 1230 g/mol. The molecule has 98 heavy (non-hydrogen) atoms. The van der Waals surface area contributed by atoms with Crippen molar-refractivity contribution >= 4 is 5.91 Å².